The molecular weight excluding hydrogens is 284 g/mol. The van der Waals surface area contributed by atoms with Crippen LogP contribution in [0.2, 0.25) is 5.02 Å². The first-order chi connectivity index (χ1) is 10.3. The number of rotatable bonds is 6. The van der Waals surface area contributed by atoms with Gasteiger partial charge in [0.25, 0.3) is 0 Å². The molecule has 4 heteroatoms. The van der Waals surface area contributed by atoms with Crippen LogP contribution in [0.4, 0.5) is 0 Å². The Morgan fingerprint density at radius 1 is 1.33 bits per heavy atom. The van der Waals surface area contributed by atoms with E-state index in [0.717, 1.165) is 43.7 Å². The summed E-state index contributed by atoms with van der Waals surface area (Å²) in [6.07, 6.45) is 2.96. The van der Waals surface area contributed by atoms with E-state index in [1.54, 1.807) is 0 Å². The summed E-state index contributed by atoms with van der Waals surface area (Å²) in [4.78, 5) is 2.46. The van der Waals surface area contributed by atoms with Gasteiger partial charge in [0.2, 0.25) is 0 Å². The lowest BCUT2D eigenvalue weighted by Gasteiger charge is -2.33. The van der Waals surface area contributed by atoms with E-state index >= 15 is 0 Å². The predicted octanol–water partition coefficient (Wildman–Crippen LogP) is 3.10. The van der Waals surface area contributed by atoms with Crippen LogP contribution in [0, 0.1) is 5.92 Å². The smallest absolute Gasteiger partial charge is 0.0826 e. The van der Waals surface area contributed by atoms with Crippen molar-refractivity contribution in [3.05, 3.63) is 34.9 Å². The van der Waals surface area contributed by atoms with Crippen LogP contribution in [-0.4, -0.2) is 43.8 Å². The number of morpholine rings is 1. The summed E-state index contributed by atoms with van der Waals surface area (Å²) in [7, 11) is 0. The number of halogens is 1. The first-order valence-corrected chi connectivity index (χ1v) is 8.47. The van der Waals surface area contributed by atoms with Gasteiger partial charge in [0.15, 0.2) is 0 Å². The van der Waals surface area contributed by atoms with Crippen molar-refractivity contribution >= 4 is 11.6 Å². The van der Waals surface area contributed by atoms with Gasteiger partial charge in [-0.2, -0.15) is 0 Å². The van der Waals surface area contributed by atoms with Crippen LogP contribution in [0.15, 0.2) is 24.3 Å². The third-order valence-corrected chi connectivity index (χ3v) is 4.81. The Kier molecular flexibility index (Phi) is 5.17. The zero-order valence-corrected chi connectivity index (χ0v) is 13.5. The minimum Gasteiger partial charge on any atom is -0.374 e. The molecule has 1 heterocycles. The van der Waals surface area contributed by atoms with Crippen molar-refractivity contribution in [1.82, 2.24) is 10.2 Å². The summed E-state index contributed by atoms with van der Waals surface area (Å²) in [5.41, 5.74) is 1.35. The largest absolute Gasteiger partial charge is 0.374 e. The molecule has 2 fully saturated rings. The second-order valence-corrected chi connectivity index (χ2v) is 6.60. The number of nitrogens with zero attached hydrogens (tertiary/aromatic N) is 1. The topological polar surface area (TPSA) is 24.5 Å². The molecule has 1 aliphatic carbocycles. The van der Waals surface area contributed by atoms with Gasteiger partial charge in [0, 0.05) is 30.7 Å². The van der Waals surface area contributed by atoms with Crippen LogP contribution in [0.5, 0.6) is 0 Å². The number of ether oxygens (including phenoxy) is 1. The Labute approximate surface area is 132 Å². The molecule has 1 aliphatic heterocycles. The van der Waals surface area contributed by atoms with Crippen LogP contribution in [0.3, 0.4) is 0 Å². The Balaban J connectivity index is 1.57. The fourth-order valence-electron chi connectivity index (χ4n) is 3.11. The zero-order valence-electron chi connectivity index (χ0n) is 12.7. The molecule has 1 saturated heterocycles. The second kappa shape index (κ2) is 7.10. The number of hydrogen-bond acceptors (Lipinski definition) is 3. The molecule has 116 valence electrons. The highest BCUT2D eigenvalue weighted by Crippen LogP contribution is 2.41. The van der Waals surface area contributed by atoms with Crippen molar-refractivity contribution < 1.29 is 4.74 Å². The molecular formula is C17H25ClN2O. The molecule has 2 atom stereocenters. The van der Waals surface area contributed by atoms with Gasteiger partial charge >= 0.3 is 0 Å². The Bertz CT molecular complexity index is 447. The lowest BCUT2D eigenvalue weighted by molar-refractivity contribution is -0.0266. The Hall–Kier alpha value is -0.610. The van der Waals surface area contributed by atoms with Crippen LogP contribution in [0.25, 0.3) is 0 Å². The van der Waals surface area contributed by atoms with E-state index in [0.29, 0.717) is 12.1 Å². The lowest BCUT2D eigenvalue weighted by atomic mass is 10.0. The monoisotopic (exact) mass is 308 g/mol. The zero-order chi connectivity index (χ0) is 14.7. The lowest BCUT2D eigenvalue weighted by Crippen LogP contribution is -2.47. The number of nitrogens with one attached hydrogen (secondary N) is 1. The van der Waals surface area contributed by atoms with Gasteiger partial charge in [-0.15, -0.1) is 0 Å². The first-order valence-electron chi connectivity index (χ1n) is 8.09. The summed E-state index contributed by atoms with van der Waals surface area (Å²) in [5.74, 6) is 0.775. The number of hydrogen-bond donors (Lipinski definition) is 1. The third-order valence-electron chi connectivity index (χ3n) is 4.56. The molecule has 0 amide bonds. The highest BCUT2D eigenvalue weighted by atomic mass is 35.5. The van der Waals surface area contributed by atoms with Crippen molar-refractivity contribution in [2.75, 3.05) is 32.8 Å². The molecule has 2 aliphatic rings. The SMILES string of the molecule is CCN1CCOC(CNC(c2ccc(Cl)cc2)C2CC2)C1. The molecule has 1 aromatic carbocycles. The van der Waals surface area contributed by atoms with Crippen LogP contribution < -0.4 is 5.32 Å². The van der Waals surface area contributed by atoms with Crippen molar-refractivity contribution in [1.29, 1.82) is 0 Å². The highest BCUT2D eigenvalue weighted by Gasteiger charge is 2.32. The maximum absolute atomic E-state index is 6.00. The van der Waals surface area contributed by atoms with E-state index in [2.05, 4.69) is 29.3 Å². The van der Waals surface area contributed by atoms with Crippen LogP contribution >= 0.6 is 11.6 Å². The molecule has 0 aromatic heterocycles. The van der Waals surface area contributed by atoms with E-state index in [1.165, 1.54) is 18.4 Å². The minimum absolute atomic E-state index is 0.312. The maximum atomic E-state index is 6.00. The predicted molar refractivity (Wildman–Crippen MR) is 86.8 cm³/mol. The molecule has 1 saturated carbocycles. The van der Waals surface area contributed by atoms with Gasteiger partial charge in [-0.3, -0.25) is 4.90 Å². The number of benzene rings is 1. The van der Waals surface area contributed by atoms with Crippen molar-refractivity contribution in [3.63, 3.8) is 0 Å². The van der Waals surface area contributed by atoms with Crippen molar-refractivity contribution in [2.45, 2.75) is 31.9 Å². The molecule has 3 nitrogen and oxygen atoms in total. The standard InChI is InChI=1S/C17H25ClN2O/c1-2-20-9-10-21-16(12-20)11-19-17(13-3-4-13)14-5-7-15(18)8-6-14/h5-8,13,16-17,19H,2-4,9-12H2,1H3. The normalized spacial score (nSPS) is 25.0. The van der Waals surface area contributed by atoms with E-state index < -0.39 is 0 Å². The van der Waals surface area contributed by atoms with E-state index in [-0.39, 0.29) is 0 Å². The minimum atomic E-state index is 0.312. The molecule has 1 N–H and O–H groups in total. The molecule has 0 radical (unpaired) electrons. The maximum Gasteiger partial charge on any atom is 0.0826 e. The summed E-state index contributed by atoms with van der Waals surface area (Å²) in [5, 5.41) is 4.54. The fourth-order valence-corrected chi connectivity index (χ4v) is 3.23. The molecule has 2 unspecified atom stereocenters. The van der Waals surface area contributed by atoms with Crippen LogP contribution in [-0.2, 0) is 4.74 Å². The summed E-state index contributed by atoms with van der Waals surface area (Å²) >= 11 is 6.00. The average molecular weight is 309 g/mol. The van der Waals surface area contributed by atoms with Gasteiger partial charge in [-0.25, -0.2) is 0 Å². The summed E-state index contributed by atoms with van der Waals surface area (Å²) < 4.78 is 5.89. The fraction of sp³-hybridized carbons (Fsp3) is 0.647. The van der Waals surface area contributed by atoms with E-state index in [4.69, 9.17) is 16.3 Å². The highest BCUT2D eigenvalue weighted by molar-refractivity contribution is 6.30. The van der Waals surface area contributed by atoms with Gasteiger partial charge in [0.05, 0.1) is 12.7 Å². The first kappa shape index (κ1) is 15.3. The third kappa shape index (κ3) is 4.19. The van der Waals surface area contributed by atoms with Gasteiger partial charge in [-0.05, 0) is 43.0 Å². The van der Waals surface area contributed by atoms with Crippen molar-refractivity contribution in [2.24, 2.45) is 5.92 Å². The van der Waals surface area contributed by atoms with E-state index in [1.807, 2.05) is 12.1 Å². The molecule has 3 rings (SSSR count). The Morgan fingerprint density at radius 2 is 2.10 bits per heavy atom. The average Bonchev–Trinajstić information content (AvgIpc) is 3.34. The molecule has 1 aromatic rings. The quantitative estimate of drug-likeness (QED) is 0.874. The molecule has 0 spiro atoms. The number of likely N-dealkylation sites (N-methyl/N-ethyl adjacent to an activating group) is 1. The summed E-state index contributed by atoms with van der Waals surface area (Å²) in [6.45, 7) is 7.23. The van der Waals surface area contributed by atoms with E-state index in [9.17, 15) is 0 Å². The van der Waals surface area contributed by atoms with Gasteiger partial charge in [-0.1, -0.05) is 30.7 Å². The molecule has 21 heavy (non-hydrogen) atoms. The summed E-state index contributed by atoms with van der Waals surface area (Å²) in [6, 6.07) is 8.73. The van der Waals surface area contributed by atoms with Crippen molar-refractivity contribution in [3.8, 4) is 0 Å². The van der Waals surface area contributed by atoms with Gasteiger partial charge < -0.3 is 10.1 Å². The Morgan fingerprint density at radius 3 is 2.76 bits per heavy atom. The van der Waals surface area contributed by atoms with Gasteiger partial charge in [0.1, 0.15) is 0 Å². The molecule has 0 bridgehead atoms. The second-order valence-electron chi connectivity index (χ2n) is 6.16. The van der Waals surface area contributed by atoms with Crippen LogP contribution in [0.1, 0.15) is 31.4 Å².